The van der Waals surface area contributed by atoms with Crippen LogP contribution in [0.15, 0.2) is 47.5 Å². The molecule has 0 aliphatic rings. The molecule has 0 atom stereocenters. The molecule has 0 unspecified atom stereocenters. The minimum Gasteiger partial charge on any atom is -0.365 e. The molecule has 0 bridgehead atoms. The number of carbonyl (C=O) groups excluding carboxylic acids is 2. The highest BCUT2D eigenvalue weighted by molar-refractivity contribution is 6.07. The molecule has 3 rings (SSSR count). The molecule has 9 nitrogen and oxygen atoms in total. The lowest BCUT2D eigenvalue weighted by Gasteiger charge is -2.06. The van der Waals surface area contributed by atoms with Gasteiger partial charge in [-0.05, 0) is 6.07 Å². The Morgan fingerprint density at radius 2 is 1.96 bits per heavy atom. The molecule has 126 valence electrons. The highest BCUT2D eigenvalue weighted by Gasteiger charge is 2.20. The van der Waals surface area contributed by atoms with Crippen molar-refractivity contribution in [3.05, 3.63) is 74.3 Å². The van der Waals surface area contributed by atoms with Gasteiger partial charge in [-0.15, -0.1) is 0 Å². The first kappa shape index (κ1) is 16.1. The van der Waals surface area contributed by atoms with Crippen LogP contribution >= 0.6 is 0 Å². The first-order valence-corrected chi connectivity index (χ1v) is 7.16. The lowest BCUT2D eigenvalue weighted by Crippen LogP contribution is -2.31. The van der Waals surface area contributed by atoms with E-state index in [0.29, 0.717) is 10.9 Å². The quantitative estimate of drug-likeness (QED) is 0.408. The van der Waals surface area contributed by atoms with E-state index in [4.69, 9.17) is 5.73 Å². The molecule has 0 saturated heterocycles. The fourth-order valence-corrected chi connectivity index (χ4v) is 2.56. The molecule has 0 spiro atoms. The second kappa shape index (κ2) is 6.04. The number of Topliss-reactive ketones (excluding diaryl/α,β-unsaturated/α-hetero) is 1. The van der Waals surface area contributed by atoms with Crippen LogP contribution in [-0.2, 0) is 6.54 Å². The van der Waals surface area contributed by atoms with E-state index in [9.17, 15) is 24.5 Å². The van der Waals surface area contributed by atoms with Crippen molar-refractivity contribution in [2.24, 2.45) is 5.73 Å². The number of pyridine rings is 1. The maximum Gasteiger partial charge on any atom is 0.286 e. The zero-order valence-electron chi connectivity index (χ0n) is 12.8. The molecule has 0 radical (unpaired) electrons. The lowest BCUT2D eigenvalue weighted by molar-refractivity contribution is -0.385. The Labute approximate surface area is 139 Å². The highest BCUT2D eigenvalue weighted by Crippen LogP contribution is 2.19. The van der Waals surface area contributed by atoms with Crippen molar-refractivity contribution in [1.29, 1.82) is 0 Å². The van der Waals surface area contributed by atoms with E-state index >= 15 is 0 Å². The Bertz CT molecular complexity index is 1080. The number of para-hydroxylation sites is 1. The third-order valence-electron chi connectivity index (χ3n) is 3.75. The number of hydrogen-bond donors (Lipinski definition) is 2. The standard InChI is InChI=1S/C16H12N4O5/c17-15(22)11-5-9(20(24)25)7-19(16(11)23)8-14(21)12-6-18-13-4-2-1-3-10(12)13/h1-7,18H,8H2,(H2,17,22). The van der Waals surface area contributed by atoms with Crippen LogP contribution in [0.1, 0.15) is 20.7 Å². The number of amides is 1. The molecule has 0 saturated carbocycles. The van der Waals surface area contributed by atoms with Gasteiger partial charge in [0, 0.05) is 28.7 Å². The van der Waals surface area contributed by atoms with E-state index in [1.807, 2.05) is 0 Å². The number of ketones is 1. The minimum atomic E-state index is -1.10. The van der Waals surface area contributed by atoms with E-state index in [1.54, 1.807) is 24.3 Å². The fourth-order valence-electron chi connectivity index (χ4n) is 2.56. The number of H-pyrrole nitrogens is 1. The summed E-state index contributed by atoms with van der Waals surface area (Å²) in [5, 5.41) is 11.6. The number of fused-ring (bicyclic) bond motifs is 1. The third-order valence-corrected chi connectivity index (χ3v) is 3.75. The predicted molar refractivity (Wildman–Crippen MR) is 88.5 cm³/mol. The zero-order chi connectivity index (χ0) is 18.1. The zero-order valence-corrected chi connectivity index (χ0v) is 12.8. The van der Waals surface area contributed by atoms with Crippen molar-refractivity contribution in [1.82, 2.24) is 9.55 Å². The molecule has 2 heterocycles. The summed E-state index contributed by atoms with van der Waals surface area (Å²) in [5.41, 5.74) is 4.28. The number of rotatable bonds is 5. The average Bonchev–Trinajstić information content (AvgIpc) is 3.00. The maximum absolute atomic E-state index is 12.5. The SMILES string of the molecule is NC(=O)c1cc([N+](=O)[O-])cn(CC(=O)c2c[nH]c3ccccc23)c1=O. The topological polar surface area (TPSA) is 141 Å². The van der Waals surface area contributed by atoms with Crippen molar-refractivity contribution in [3.63, 3.8) is 0 Å². The summed E-state index contributed by atoms with van der Waals surface area (Å²) >= 11 is 0. The Kier molecular flexibility index (Phi) is 3.89. The van der Waals surface area contributed by atoms with E-state index in [1.165, 1.54) is 6.20 Å². The smallest absolute Gasteiger partial charge is 0.286 e. The first-order chi connectivity index (χ1) is 11.9. The third kappa shape index (κ3) is 2.90. The molecule has 0 fully saturated rings. The number of carbonyl (C=O) groups is 2. The van der Waals surface area contributed by atoms with Gasteiger partial charge in [0.05, 0.1) is 17.7 Å². The van der Waals surface area contributed by atoms with Crippen LogP contribution in [0.3, 0.4) is 0 Å². The highest BCUT2D eigenvalue weighted by atomic mass is 16.6. The molecule has 1 amide bonds. The van der Waals surface area contributed by atoms with Gasteiger partial charge in [0.25, 0.3) is 17.2 Å². The number of nitro groups is 1. The molecule has 9 heteroatoms. The monoisotopic (exact) mass is 340 g/mol. The van der Waals surface area contributed by atoms with Crippen LogP contribution in [0, 0.1) is 10.1 Å². The van der Waals surface area contributed by atoms with Crippen LogP contribution in [0.25, 0.3) is 10.9 Å². The lowest BCUT2D eigenvalue weighted by atomic mass is 10.1. The van der Waals surface area contributed by atoms with Crippen LogP contribution in [0.4, 0.5) is 5.69 Å². The summed E-state index contributed by atoms with van der Waals surface area (Å²) in [4.78, 5) is 49.3. The molecule has 0 aliphatic carbocycles. The Hall–Kier alpha value is -3.75. The Morgan fingerprint density at radius 3 is 2.64 bits per heavy atom. The van der Waals surface area contributed by atoms with Crippen molar-refractivity contribution >= 4 is 28.3 Å². The van der Waals surface area contributed by atoms with Crippen LogP contribution < -0.4 is 11.3 Å². The van der Waals surface area contributed by atoms with E-state index in [-0.39, 0.29) is 0 Å². The summed E-state index contributed by atoms with van der Waals surface area (Å²) in [6.45, 7) is -0.456. The van der Waals surface area contributed by atoms with Gasteiger partial charge in [-0.2, -0.15) is 0 Å². The molecule has 3 aromatic rings. The number of aromatic nitrogens is 2. The summed E-state index contributed by atoms with van der Waals surface area (Å²) in [7, 11) is 0. The summed E-state index contributed by atoms with van der Waals surface area (Å²) in [6.07, 6.45) is 2.42. The predicted octanol–water partition coefficient (Wildman–Crippen LogP) is 1.22. The average molecular weight is 340 g/mol. The number of benzene rings is 1. The number of hydrogen-bond acceptors (Lipinski definition) is 5. The maximum atomic E-state index is 12.5. The van der Waals surface area contributed by atoms with E-state index < -0.39 is 40.0 Å². The van der Waals surface area contributed by atoms with Gasteiger partial charge in [-0.25, -0.2) is 0 Å². The first-order valence-electron chi connectivity index (χ1n) is 7.16. The fraction of sp³-hybridized carbons (Fsp3) is 0.0625. The van der Waals surface area contributed by atoms with Crippen LogP contribution in [0.5, 0.6) is 0 Å². The van der Waals surface area contributed by atoms with E-state index in [0.717, 1.165) is 22.3 Å². The number of nitrogens with one attached hydrogen (secondary N) is 1. The number of nitrogens with two attached hydrogens (primary N) is 1. The van der Waals surface area contributed by atoms with Gasteiger partial charge in [-0.1, -0.05) is 18.2 Å². The van der Waals surface area contributed by atoms with Gasteiger partial charge < -0.3 is 15.3 Å². The van der Waals surface area contributed by atoms with Crippen LogP contribution in [-0.4, -0.2) is 26.2 Å². The molecule has 0 aliphatic heterocycles. The molecule has 3 N–H and O–H groups in total. The minimum absolute atomic E-state index is 0.342. The van der Waals surface area contributed by atoms with Gasteiger partial charge in [0.1, 0.15) is 5.56 Å². The van der Waals surface area contributed by atoms with Gasteiger partial charge in [0.2, 0.25) is 0 Å². The second-order valence-electron chi connectivity index (χ2n) is 5.34. The molecule has 1 aromatic carbocycles. The Balaban J connectivity index is 2.05. The van der Waals surface area contributed by atoms with Crippen molar-refractivity contribution in [3.8, 4) is 0 Å². The summed E-state index contributed by atoms with van der Waals surface area (Å²) < 4.78 is 0.822. The molecular formula is C16H12N4O5. The molecule has 25 heavy (non-hydrogen) atoms. The van der Waals surface area contributed by atoms with Gasteiger partial charge >= 0.3 is 0 Å². The summed E-state index contributed by atoms with van der Waals surface area (Å²) in [5.74, 6) is -1.53. The number of primary amides is 1. The van der Waals surface area contributed by atoms with Crippen molar-refractivity contribution in [2.45, 2.75) is 6.54 Å². The van der Waals surface area contributed by atoms with Crippen molar-refractivity contribution in [2.75, 3.05) is 0 Å². The van der Waals surface area contributed by atoms with Crippen LogP contribution in [0.2, 0.25) is 0 Å². The van der Waals surface area contributed by atoms with E-state index in [2.05, 4.69) is 4.98 Å². The van der Waals surface area contributed by atoms with Gasteiger partial charge in [0.15, 0.2) is 5.78 Å². The van der Waals surface area contributed by atoms with Gasteiger partial charge in [-0.3, -0.25) is 24.5 Å². The summed E-state index contributed by atoms with van der Waals surface area (Å²) in [6, 6.07) is 7.90. The molecular weight excluding hydrogens is 328 g/mol. The normalized spacial score (nSPS) is 10.7. The largest absolute Gasteiger partial charge is 0.365 e. The Morgan fingerprint density at radius 1 is 1.24 bits per heavy atom. The second-order valence-corrected chi connectivity index (χ2v) is 5.34. The molecule has 2 aromatic heterocycles. The number of nitrogens with zero attached hydrogens (tertiary/aromatic N) is 2. The number of aromatic amines is 1. The van der Waals surface area contributed by atoms with Crippen molar-refractivity contribution < 1.29 is 14.5 Å².